The van der Waals surface area contributed by atoms with Gasteiger partial charge in [-0.2, -0.15) is 13.2 Å². The van der Waals surface area contributed by atoms with E-state index in [-0.39, 0.29) is 34.5 Å². The van der Waals surface area contributed by atoms with Gasteiger partial charge in [0, 0.05) is 12.7 Å². The van der Waals surface area contributed by atoms with Crippen LogP contribution in [-0.4, -0.2) is 34.7 Å². The molecule has 134 valence electrons. The first-order valence-electron chi connectivity index (χ1n) is 7.49. The molecule has 9 heteroatoms. The summed E-state index contributed by atoms with van der Waals surface area (Å²) in [7, 11) is 1.65. The van der Waals surface area contributed by atoms with E-state index in [1.807, 2.05) is 0 Å². The van der Waals surface area contributed by atoms with Gasteiger partial charge in [0.15, 0.2) is 6.61 Å². The average molecular weight is 363 g/mol. The molecule has 1 unspecified atom stereocenters. The highest BCUT2D eigenvalue weighted by Gasteiger charge is 2.36. The van der Waals surface area contributed by atoms with Crippen LogP contribution >= 0.6 is 11.3 Å². The summed E-state index contributed by atoms with van der Waals surface area (Å²) in [6.45, 7) is 6.00. The maximum Gasteiger partial charge on any atom is 0.445 e. The third-order valence-corrected chi connectivity index (χ3v) is 4.66. The highest BCUT2D eigenvalue weighted by atomic mass is 32.1. The van der Waals surface area contributed by atoms with Crippen LogP contribution < -0.4 is 4.74 Å². The van der Waals surface area contributed by atoms with Crippen LogP contribution in [0.3, 0.4) is 0 Å². The molecule has 0 fully saturated rings. The van der Waals surface area contributed by atoms with Crippen LogP contribution in [0.4, 0.5) is 13.2 Å². The van der Waals surface area contributed by atoms with Crippen LogP contribution in [-0.2, 0) is 11.0 Å². The summed E-state index contributed by atoms with van der Waals surface area (Å²) in [5.41, 5.74) is 1.00. The second-order valence-electron chi connectivity index (χ2n) is 6.79. The predicted octanol–water partition coefficient (Wildman–Crippen LogP) is 3.73. The number of aromatic nitrogens is 2. The van der Waals surface area contributed by atoms with Crippen molar-refractivity contribution in [2.75, 3.05) is 13.7 Å². The Hall–Kier alpha value is -1.64. The van der Waals surface area contributed by atoms with Crippen LogP contribution in [0.1, 0.15) is 38.6 Å². The first-order valence-corrected chi connectivity index (χ1v) is 8.30. The molecule has 1 aliphatic rings. The topological polar surface area (TPSA) is 55.3 Å². The molecule has 0 aliphatic heterocycles. The Bertz CT molecular complexity index is 640. The molecule has 1 aromatic heterocycles. The highest BCUT2D eigenvalue weighted by Crippen LogP contribution is 2.39. The minimum absolute atomic E-state index is 0.0970. The molecular formula is C15H20F3N3O2S. The first kappa shape index (κ1) is 18.7. The fraction of sp³-hybridized carbons (Fsp3) is 0.667. The normalized spacial score (nSPS) is 20.5. The van der Waals surface area contributed by atoms with Gasteiger partial charge in [-0.15, -0.1) is 5.10 Å². The summed E-state index contributed by atoms with van der Waals surface area (Å²) in [5.74, 6) is 0.0207. The lowest BCUT2D eigenvalue weighted by Crippen LogP contribution is -2.35. The number of amides is 1. The number of nitrogens with zero attached hydrogens (tertiary/aromatic N) is 3. The van der Waals surface area contributed by atoms with Crippen molar-refractivity contribution in [2.45, 2.75) is 39.8 Å². The van der Waals surface area contributed by atoms with Gasteiger partial charge < -0.3 is 9.64 Å². The Morgan fingerprint density at radius 3 is 2.67 bits per heavy atom. The molecule has 0 saturated heterocycles. The summed E-state index contributed by atoms with van der Waals surface area (Å²) < 4.78 is 42.4. The number of carbonyl (C=O) groups excluding carboxylic acids is 1. The zero-order valence-electron chi connectivity index (χ0n) is 14.0. The molecule has 0 N–H and O–H groups in total. The van der Waals surface area contributed by atoms with Crippen molar-refractivity contribution in [3.05, 3.63) is 16.8 Å². The fourth-order valence-corrected chi connectivity index (χ4v) is 3.44. The lowest BCUT2D eigenvalue weighted by molar-refractivity contribution is -0.138. The monoisotopic (exact) mass is 363 g/mol. The van der Waals surface area contributed by atoms with Crippen LogP contribution in [0.25, 0.3) is 0 Å². The van der Waals surface area contributed by atoms with Crippen molar-refractivity contribution in [1.29, 1.82) is 0 Å². The summed E-state index contributed by atoms with van der Waals surface area (Å²) >= 11 is 0.274. The largest absolute Gasteiger partial charge is 0.459 e. The van der Waals surface area contributed by atoms with Crippen LogP contribution in [0, 0.1) is 11.3 Å². The summed E-state index contributed by atoms with van der Waals surface area (Å²) in [6, 6.07) is 0. The van der Waals surface area contributed by atoms with Gasteiger partial charge in [-0.3, -0.25) is 4.79 Å². The van der Waals surface area contributed by atoms with E-state index >= 15 is 0 Å². The number of allylic oxidation sites excluding steroid dienone is 2. The molecule has 1 amide bonds. The predicted molar refractivity (Wildman–Crippen MR) is 83.4 cm³/mol. The molecule has 0 aromatic carbocycles. The maximum atomic E-state index is 12.5. The highest BCUT2D eigenvalue weighted by molar-refractivity contribution is 7.13. The Kier molecular flexibility index (Phi) is 5.22. The molecule has 1 aromatic rings. The van der Waals surface area contributed by atoms with Crippen molar-refractivity contribution in [2.24, 2.45) is 11.3 Å². The van der Waals surface area contributed by atoms with Crippen LogP contribution in [0.15, 0.2) is 11.8 Å². The van der Waals surface area contributed by atoms with Gasteiger partial charge in [-0.1, -0.05) is 43.3 Å². The molecule has 1 heterocycles. The van der Waals surface area contributed by atoms with E-state index in [4.69, 9.17) is 4.74 Å². The molecule has 24 heavy (non-hydrogen) atoms. The summed E-state index contributed by atoms with van der Waals surface area (Å²) in [4.78, 5) is 13.7. The van der Waals surface area contributed by atoms with Gasteiger partial charge >= 0.3 is 6.18 Å². The zero-order valence-corrected chi connectivity index (χ0v) is 14.8. The minimum Gasteiger partial charge on any atom is -0.459 e. The van der Waals surface area contributed by atoms with Gasteiger partial charge in [-0.25, -0.2) is 0 Å². The summed E-state index contributed by atoms with van der Waals surface area (Å²) in [6.07, 6.45) is -0.707. The SMILES string of the molecule is CC1C=C(N(C)C(=O)COc2nnc(C(F)(F)F)s2)CC(C)(C)C1. The van der Waals surface area contributed by atoms with Crippen LogP contribution in [0.2, 0.25) is 0 Å². The molecule has 5 nitrogen and oxygen atoms in total. The number of hydrogen-bond acceptors (Lipinski definition) is 5. The summed E-state index contributed by atoms with van der Waals surface area (Å²) in [5, 5.41) is 4.95. The number of likely N-dealkylation sites (N-methyl/N-ethyl adjacent to an activating group) is 1. The van der Waals surface area contributed by atoms with Gasteiger partial charge in [0.05, 0.1) is 0 Å². The van der Waals surface area contributed by atoms with Gasteiger partial charge in [-0.05, 0) is 24.2 Å². The molecule has 0 spiro atoms. The van der Waals surface area contributed by atoms with Crippen molar-refractivity contribution < 1.29 is 22.7 Å². The average Bonchev–Trinajstić information content (AvgIpc) is 2.90. The first-order chi connectivity index (χ1) is 11.0. The molecule has 2 rings (SSSR count). The van der Waals surface area contributed by atoms with Crippen molar-refractivity contribution in [3.63, 3.8) is 0 Å². The number of carbonyl (C=O) groups is 1. The molecule has 0 saturated carbocycles. The number of rotatable bonds is 4. The second-order valence-corrected chi connectivity index (χ2v) is 7.73. The maximum absolute atomic E-state index is 12.5. The third-order valence-electron chi connectivity index (χ3n) is 3.78. The standard InChI is InChI=1S/C15H20F3N3O2S/c1-9-5-10(7-14(2,3)6-9)21(4)11(22)8-23-13-20-19-12(24-13)15(16,17)18/h5,9H,6-8H2,1-4H3. The van der Waals surface area contributed by atoms with E-state index in [0.717, 1.165) is 18.5 Å². The Balaban J connectivity index is 1.96. The molecule has 0 radical (unpaired) electrons. The second kappa shape index (κ2) is 6.70. The number of halogens is 3. The Morgan fingerprint density at radius 2 is 2.12 bits per heavy atom. The number of hydrogen-bond donors (Lipinski definition) is 0. The number of ether oxygens (including phenoxy) is 1. The van der Waals surface area contributed by atoms with E-state index < -0.39 is 11.2 Å². The van der Waals surface area contributed by atoms with E-state index in [1.54, 1.807) is 7.05 Å². The molecule has 1 aliphatic carbocycles. The van der Waals surface area contributed by atoms with Crippen LogP contribution in [0.5, 0.6) is 5.19 Å². The number of alkyl halides is 3. The van der Waals surface area contributed by atoms with Crippen molar-refractivity contribution in [3.8, 4) is 5.19 Å². The Labute approximate surface area is 142 Å². The smallest absolute Gasteiger partial charge is 0.445 e. The van der Waals surface area contributed by atoms with E-state index in [9.17, 15) is 18.0 Å². The molecule has 1 atom stereocenters. The Morgan fingerprint density at radius 1 is 1.46 bits per heavy atom. The fourth-order valence-electron chi connectivity index (χ4n) is 2.87. The molecular weight excluding hydrogens is 343 g/mol. The van der Waals surface area contributed by atoms with E-state index in [1.165, 1.54) is 4.90 Å². The zero-order chi connectivity index (χ0) is 18.1. The lowest BCUT2D eigenvalue weighted by atomic mass is 9.75. The minimum atomic E-state index is -4.56. The third kappa shape index (κ3) is 4.68. The van der Waals surface area contributed by atoms with E-state index in [0.29, 0.717) is 5.92 Å². The van der Waals surface area contributed by atoms with Crippen molar-refractivity contribution >= 4 is 17.2 Å². The lowest BCUT2D eigenvalue weighted by Gasteiger charge is -2.36. The van der Waals surface area contributed by atoms with Gasteiger partial charge in [0.2, 0.25) is 5.01 Å². The van der Waals surface area contributed by atoms with Gasteiger partial charge in [0.25, 0.3) is 11.1 Å². The van der Waals surface area contributed by atoms with Crippen molar-refractivity contribution in [1.82, 2.24) is 15.1 Å². The quantitative estimate of drug-likeness (QED) is 0.818. The molecule has 0 bridgehead atoms. The van der Waals surface area contributed by atoms with Gasteiger partial charge in [0.1, 0.15) is 0 Å². The van der Waals surface area contributed by atoms with E-state index in [2.05, 4.69) is 37.0 Å².